The van der Waals surface area contributed by atoms with Crippen molar-refractivity contribution in [2.75, 3.05) is 7.11 Å². The minimum Gasteiger partial charge on any atom is -0.495 e. The van der Waals surface area contributed by atoms with Crippen molar-refractivity contribution in [3.8, 4) is 5.75 Å². The third kappa shape index (κ3) is 3.79. The maximum atomic E-state index is 12.5. The number of rotatable bonds is 5. The minimum absolute atomic E-state index is 0.0756. The van der Waals surface area contributed by atoms with E-state index < -0.39 is 28.0 Å². The van der Waals surface area contributed by atoms with Crippen LogP contribution < -0.4 is 9.46 Å². The van der Waals surface area contributed by atoms with Gasteiger partial charge in [-0.25, -0.2) is 13.1 Å². The van der Waals surface area contributed by atoms with Gasteiger partial charge in [-0.05, 0) is 31.0 Å². The highest BCUT2D eigenvalue weighted by Crippen LogP contribution is 2.28. The van der Waals surface area contributed by atoms with Crippen molar-refractivity contribution in [3.63, 3.8) is 0 Å². The predicted molar refractivity (Wildman–Crippen MR) is 81.6 cm³/mol. The summed E-state index contributed by atoms with van der Waals surface area (Å²) < 4.78 is 32.5. The topological polar surface area (TPSA) is 92.7 Å². The van der Waals surface area contributed by atoms with Gasteiger partial charge in [0.25, 0.3) is 0 Å². The van der Waals surface area contributed by atoms with Gasteiger partial charge < -0.3 is 9.84 Å². The van der Waals surface area contributed by atoms with Gasteiger partial charge in [-0.3, -0.25) is 4.79 Å². The number of allylic oxidation sites excluding steroid dienone is 1. The zero-order valence-corrected chi connectivity index (χ0v) is 13.4. The molecule has 0 aliphatic heterocycles. The Balaban J connectivity index is 2.25. The summed E-state index contributed by atoms with van der Waals surface area (Å²) in [5.74, 6) is -1.36. The molecular weight excluding hydrogens is 330 g/mol. The van der Waals surface area contributed by atoms with E-state index in [1.54, 1.807) is 12.2 Å². The summed E-state index contributed by atoms with van der Waals surface area (Å²) >= 11 is 5.85. The highest BCUT2D eigenvalue weighted by Gasteiger charge is 2.28. The van der Waals surface area contributed by atoms with Crippen LogP contribution in [0.4, 0.5) is 0 Å². The number of halogens is 1. The summed E-state index contributed by atoms with van der Waals surface area (Å²) in [7, 11) is -2.51. The molecule has 0 saturated carbocycles. The lowest BCUT2D eigenvalue weighted by atomic mass is 9.92. The molecule has 6 nitrogen and oxygen atoms in total. The van der Waals surface area contributed by atoms with Gasteiger partial charge in [-0.2, -0.15) is 0 Å². The summed E-state index contributed by atoms with van der Waals surface area (Å²) in [6, 6.07) is 3.71. The summed E-state index contributed by atoms with van der Waals surface area (Å²) in [5.41, 5.74) is 0. The number of aliphatic carboxylic acids is 1. The van der Waals surface area contributed by atoms with E-state index >= 15 is 0 Å². The largest absolute Gasteiger partial charge is 0.495 e. The lowest BCUT2D eigenvalue weighted by molar-refractivity contribution is -0.142. The first kappa shape index (κ1) is 16.8. The van der Waals surface area contributed by atoms with E-state index in [1.807, 2.05) is 0 Å². The Kier molecular flexibility index (Phi) is 5.10. The Hall–Kier alpha value is -1.57. The Bertz CT molecular complexity index is 701. The van der Waals surface area contributed by atoms with Crippen molar-refractivity contribution in [2.24, 2.45) is 5.92 Å². The van der Waals surface area contributed by atoms with Crippen LogP contribution in [0.1, 0.15) is 12.8 Å². The number of carbonyl (C=O) groups is 1. The van der Waals surface area contributed by atoms with E-state index in [0.717, 1.165) is 0 Å². The zero-order chi connectivity index (χ0) is 16.3. The Morgan fingerprint density at radius 3 is 2.82 bits per heavy atom. The van der Waals surface area contributed by atoms with E-state index in [9.17, 15) is 13.2 Å². The molecule has 2 rings (SSSR count). The molecule has 22 heavy (non-hydrogen) atoms. The van der Waals surface area contributed by atoms with Crippen LogP contribution in [0.25, 0.3) is 0 Å². The molecule has 0 saturated heterocycles. The lowest BCUT2D eigenvalue weighted by Crippen LogP contribution is -2.37. The Morgan fingerprint density at radius 1 is 1.45 bits per heavy atom. The molecule has 0 heterocycles. The molecule has 1 aliphatic rings. The van der Waals surface area contributed by atoms with Crippen LogP contribution in [-0.4, -0.2) is 32.6 Å². The second-order valence-electron chi connectivity index (χ2n) is 4.96. The van der Waals surface area contributed by atoms with Gasteiger partial charge in [-0.1, -0.05) is 23.8 Å². The van der Waals surface area contributed by atoms with E-state index in [4.69, 9.17) is 21.4 Å². The van der Waals surface area contributed by atoms with Crippen LogP contribution in [0.5, 0.6) is 5.75 Å². The number of methoxy groups -OCH3 is 1. The highest BCUT2D eigenvalue weighted by atomic mass is 35.5. The van der Waals surface area contributed by atoms with Crippen LogP contribution in [0.2, 0.25) is 5.02 Å². The molecule has 2 atom stereocenters. The van der Waals surface area contributed by atoms with Crippen molar-refractivity contribution in [1.82, 2.24) is 4.72 Å². The molecule has 0 amide bonds. The number of ether oxygens (including phenoxy) is 1. The van der Waals surface area contributed by atoms with Crippen LogP contribution in [0.15, 0.2) is 35.2 Å². The second kappa shape index (κ2) is 6.68. The molecule has 8 heteroatoms. The maximum Gasteiger partial charge on any atom is 0.306 e. The molecule has 1 aromatic rings. The van der Waals surface area contributed by atoms with Crippen LogP contribution >= 0.6 is 11.6 Å². The number of benzene rings is 1. The molecule has 2 N–H and O–H groups in total. The van der Waals surface area contributed by atoms with Gasteiger partial charge in [0.15, 0.2) is 0 Å². The van der Waals surface area contributed by atoms with E-state index in [2.05, 4.69) is 4.72 Å². The number of hydrogen-bond donors (Lipinski definition) is 2. The molecule has 0 spiro atoms. The van der Waals surface area contributed by atoms with Crippen molar-refractivity contribution in [3.05, 3.63) is 35.4 Å². The summed E-state index contributed by atoms with van der Waals surface area (Å²) in [4.78, 5) is 11.0. The van der Waals surface area contributed by atoms with Crippen molar-refractivity contribution >= 4 is 27.6 Å². The lowest BCUT2D eigenvalue weighted by Gasteiger charge is -2.23. The van der Waals surface area contributed by atoms with Crippen molar-refractivity contribution in [1.29, 1.82) is 0 Å². The number of sulfonamides is 1. The summed E-state index contributed by atoms with van der Waals surface area (Å²) in [5, 5.41) is 9.31. The fourth-order valence-corrected chi connectivity index (χ4v) is 3.94. The highest BCUT2D eigenvalue weighted by molar-refractivity contribution is 7.89. The van der Waals surface area contributed by atoms with Gasteiger partial charge in [-0.15, -0.1) is 0 Å². The van der Waals surface area contributed by atoms with E-state index in [1.165, 1.54) is 25.3 Å². The van der Waals surface area contributed by atoms with Crippen molar-refractivity contribution in [2.45, 2.75) is 23.8 Å². The van der Waals surface area contributed by atoms with Gasteiger partial charge in [0, 0.05) is 11.1 Å². The van der Waals surface area contributed by atoms with E-state index in [-0.39, 0.29) is 22.1 Å². The monoisotopic (exact) mass is 345 g/mol. The number of carboxylic acid groups (broad SMARTS) is 1. The molecule has 1 aliphatic carbocycles. The first-order valence-corrected chi connectivity index (χ1v) is 8.45. The fraction of sp³-hybridized carbons (Fsp3) is 0.357. The zero-order valence-electron chi connectivity index (χ0n) is 11.8. The van der Waals surface area contributed by atoms with Gasteiger partial charge in [0.05, 0.1) is 13.0 Å². The average molecular weight is 346 g/mol. The number of hydrogen-bond acceptors (Lipinski definition) is 4. The summed E-state index contributed by atoms with van der Waals surface area (Å²) in [6.45, 7) is 0. The molecule has 1 aromatic carbocycles. The summed E-state index contributed by atoms with van der Waals surface area (Å²) in [6.07, 6.45) is 3.93. The third-order valence-electron chi connectivity index (χ3n) is 3.40. The maximum absolute atomic E-state index is 12.5. The molecule has 0 aromatic heterocycles. The normalized spacial score (nSPS) is 21.5. The standard InChI is InChI=1S/C14H16ClNO5S/c1-21-12-6-5-10(15)8-13(12)22(19,20)16-11-4-2-3-9(7-11)14(17)18/h2,4-6,8-9,11,16H,3,7H2,1H3,(H,17,18)/t9-,11-/m0/s1. The molecule has 0 fully saturated rings. The SMILES string of the molecule is COc1ccc(Cl)cc1S(=O)(=O)N[C@H]1C=CC[C@H](C(=O)O)C1. The quantitative estimate of drug-likeness (QED) is 0.797. The van der Waals surface area contributed by atoms with Gasteiger partial charge in [0.2, 0.25) is 10.0 Å². The Labute approximate surface area is 133 Å². The van der Waals surface area contributed by atoms with Crippen molar-refractivity contribution < 1.29 is 23.1 Å². The first-order valence-electron chi connectivity index (χ1n) is 6.59. The second-order valence-corrected chi connectivity index (χ2v) is 7.08. The minimum atomic E-state index is -3.88. The predicted octanol–water partition coefficient (Wildman–Crippen LogP) is 2.05. The van der Waals surface area contributed by atoms with Crippen LogP contribution in [0, 0.1) is 5.92 Å². The fourth-order valence-electron chi connectivity index (χ4n) is 2.30. The van der Waals surface area contributed by atoms with E-state index in [0.29, 0.717) is 6.42 Å². The number of nitrogens with one attached hydrogen (secondary N) is 1. The molecule has 0 bridgehead atoms. The smallest absolute Gasteiger partial charge is 0.306 e. The van der Waals surface area contributed by atoms with Crippen LogP contribution in [0.3, 0.4) is 0 Å². The molecule has 0 radical (unpaired) electrons. The van der Waals surface area contributed by atoms with Gasteiger partial charge in [0.1, 0.15) is 10.6 Å². The third-order valence-corrected chi connectivity index (χ3v) is 5.14. The Morgan fingerprint density at radius 2 is 2.18 bits per heavy atom. The van der Waals surface area contributed by atoms with Crippen LogP contribution in [-0.2, 0) is 14.8 Å². The molecular formula is C14H16ClNO5S. The number of carboxylic acids is 1. The molecule has 0 unspecified atom stereocenters. The first-order chi connectivity index (χ1) is 10.3. The molecule has 120 valence electrons. The van der Waals surface area contributed by atoms with Gasteiger partial charge >= 0.3 is 5.97 Å². The average Bonchev–Trinajstić information content (AvgIpc) is 2.47.